The molecular weight excluding hydrogens is 632 g/mol. The number of thiazole rings is 1. The smallest absolute Gasteiger partial charge is 0.274 e. The first-order valence-electron chi connectivity index (χ1n) is 14.3. The number of amides is 1. The van der Waals surface area contributed by atoms with Gasteiger partial charge in [-0.3, -0.25) is 19.3 Å². The van der Waals surface area contributed by atoms with Crippen LogP contribution in [0.25, 0.3) is 10.2 Å². The summed E-state index contributed by atoms with van der Waals surface area (Å²) in [5.41, 5.74) is -0.945. The molecule has 0 bridgehead atoms. The maximum Gasteiger partial charge on any atom is 0.274 e. The highest BCUT2D eigenvalue weighted by Crippen LogP contribution is 2.46. The summed E-state index contributed by atoms with van der Waals surface area (Å²) in [7, 11) is 0. The van der Waals surface area contributed by atoms with Crippen LogP contribution in [0, 0.1) is 0 Å². The van der Waals surface area contributed by atoms with E-state index in [1.807, 2.05) is 24.3 Å². The van der Waals surface area contributed by atoms with E-state index in [0.29, 0.717) is 0 Å². The molecule has 4 N–H and O–H groups in total. The zero-order valence-electron chi connectivity index (χ0n) is 24.2. The van der Waals surface area contributed by atoms with Crippen molar-refractivity contribution < 1.29 is 34.4 Å². The predicted octanol–water partition coefficient (Wildman–Crippen LogP) is 1.08. The number of rotatable bonds is 7. The lowest BCUT2D eigenvalue weighted by Crippen LogP contribution is -2.76. The molecule has 1 aromatic carbocycles. The highest BCUT2D eigenvalue weighted by atomic mass is 35.5. The molecule has 2 fully saturated rings. The van der Waals surface area contributed by atoms with Crippen LogP contribution >= 0.6 is 34.7 Å². The summed E-state index contributed by atoms with van der Waals surface area (Å²) in [6, 6.07) is 7.69. The average Bonchev–Trinajstić information content (AvgIpc) is 3.75. The van der Waals surface area contributed by atoms with E-state index in [1.54, 1.807) is 23.1 Å². The number of aliphatic hydroxyl groups is 3. The van der Waals surface area contributed by atoms with Crippen LogP contribution in [0.5, 0.6) is 0 Å². The topological polar surface area (TPSA) is 177 Å². The molecule has 3 aliphatic heterocycles. The van der Waals surface area contributed by atoms with Gasteiger partial charge in [0, 0.05) is 25.1 Å². The molecule has 1 amide bonds. The predicted molar refractivity (Wildman–Crippen MR) is 165 cm³/mol. The quantitative estimate of drug-likeness (QED) is 0.246. The lowest BCUT2D eigenvalue weighted by Gasteiger charge is -2.52. The number of hydrogen-bond acceptors (Lipinski definition) is 14. The Kier molecular flexibility index (Phi) is 8.26. The molecule has 4 heterocycles. The van der Waals surface area contributed by atoms with Crippen LogP contribution in [0.15, 0.2) is 38.6 Å². The van der Waals surface area contributed by atoms with E-state index >= 15 is 0 Å². The third-order valence-electron chi connectivity index (χ3n) is 8.67. The molecule has 1 saturated heterocycles. The number of fused-ring (bicyclic) bond motifs is 2. The Balaban J connectivity index is 1.39. The minimum Gasteiger partial charge on any atom is -0.394 e. The van der Waals surface area contributed by atoms with Crippen LogP contribution < -0.4 is 5.32 Å². The number of aromatic nitrogens is 1. The number of aliphatic hydroxyl groups excluding tert-OH is 3. The van der Waals surface area contributed by atoms with Gasteiger partial charge in [-0.05, 0) is 31.9 Å². The zero-order valence-corrected chi connectivity index (χ0v) is 26.6. The molecule has 0 spiro atoms. The molecule has 0 radical (unpaired) electrons. The number of nitrogens with zero attached hydrogens (tertiary/aromatic N) is 5. The fourth-order valence-electron chi connectivity index (χ4n) is 6.44. The number of aliphatic imine (C=N–C) groups is 2. The largest absolute Gasteiger partial charge is 0.394 e. The van der Waals surface area contributed by atoms with Crippen molar-refractivity contribution >= 4 is 74.6 Å². The number of carbonyl (C=O) groups is 3. The van der Waals surface area contributed by atoms with E-state index in [2.05, 4.69) is 15.3 Å². The van der Waals surface area contributed by atoms with E-state index in [0.717, 1.165) is 38.7 Å². The Hall–Kier alpha value is -2.66. The van der Waals surface area contributed by atoms with E-state index < -0.39 is 65.4 Å². The van der Waals surface area contributed by atoms with Crippen LogP contribution in [0.4, 0.5) is 0 Å². The summed E-state index contributed by atoms with van der Waals surface area (Å²) >= 11 is 10.1. The normalized spacial score (nSPS) is 36.5. The number of amidine groups is 1. The van der Waals surface area contributed by atoms with Crippen LogP contribution in [0.3, 0.4) is 0 Å². The van der Waals surface area contributed by atoms with Gasteiger partial charge in [-0.15, -0.1) is 11.3 Å². The van der Waals surface area contributed by atoms with E-state index in [-0.39, 0.29) is 17.1 Å². The maximum absolute atomic E-state index is 13.7. The third kappa shape index (κ3) is 4.84. The van der Waals surface area contributed by atoms with Crippen LogP contribution in [-0.4, -0.2) is 119 Å². The second kappa shape index (κ2) is 11.6. The van der Waals surface area contributed by atoms with Gasteiger partial charge in [-0.25, -0.2) is 15.0 Å². The number of thioether (sulfide) groups is 1. The van der Waals surface area contributed by atoms with Crippen LogP contribution in [-0.2, 0) is 19.1 Å². The van der Waals surface area contributed by atoms with Crippen molar-refractivity contribution in [3.63, 3.8) is 0 Å². The fraction of sp³-hybridized carbons (Fsp3) is 0.571. The molecule has 1 saturated carbocycles. The van der Waals surface area contributed by atoms with Gasteiger partial charge in [0.15, 0.2) is 28.3 Å². The number of ketones is 2. The minimum atomic E-state index is -2.25. The first-order chi connectivity index (χ1) is 20.9. The average molecular weight is 665 g/mol. The number of carbonyl (C=O) groups excluding carboxylic acids is 3. The molecule has 44 heavy (non-hydrogen) atoms. The van der Waals surface area contributed by atoms with Gasteiger partial charge in [-0.1, -0.05) is 41.9 Å². The monoisotopic (exact) mass is 664 g/mol. The number of para-hydroxylation sites is 1. The molecule has 4 aliphatic rings. The van der Waals surface area contributed by atoms with Crippen molar-refractivity contribution in [1.82, 2.24) is 20.1 Å². The number of hydrogen-bond donors (Lipinski definition) is 4. The van der Waals surface area contributed by atoms with Gasteiger partial charge in [0.2, 0.25) is 11.4 Å². The summed E-state index contributed by atoms with van der Waals surface area (Å²) in [6.07, 6.45) is -3.14. The Bertz CT molecular complexity index is 1520. The van der Waals surface area contributed by atoms with Gasteiger partial charge < -0.3 is 30.3 Å². The molecule has 13 nitrogen and oxygen atoms in total. The molecule has 1 aromatic heterocycles. The summed E-state index contributed by atoms with van der Waals surface area (Å²) in [6.45, 7) is 3.10. The second-order valence-corrected chi connectivity index (χ2v) is 14.4. The highest BCUT2D eigenvalue weighted by molar-refractivity contribution is 8.01. The SMILES string of the molecule is CC(=O)N1C2N([C@@H]3O[C@H](CO)C(O)C3O)C=NC2(C(C)=O)C(NC2CCCC2Sc2nc3ccccc3s2)=NC1(Cl)C(C)=O. The molecule has 16 heteroatoms. The molecule has 9 atom stereocenters. The summed E-state index contributed by atoms with van der Waals surface area (Å²) < 4.78 is 7.75. The lowest BCUT2D eigenvalue weighted by atomic mass is 9.85. The molecule has 2 aromatic rings. The zero-order chi connectivity index (χ0) is 31.6. The lowest BCUT2D eigenvalue weighted by molar-refractivity contribution is -0.160. The van der Waals surface area contributed by atoms with E-state index in [9.17, 15) is 29.7 Å². The Morgan fingerprint density at radius 2 is 1.91 bits per heavy atom. The van der Waals surface area contributed by atoms with Crippen molar-refractivity contribution in [1.29, 1.82) is 0 Å². The number of ether oxygens (including phenoxy) is 1. The summed E-state index contributed by atoms with van der Waals surface area (Å²) in [5.74, 6) is -1.84. The van der Waals surface area contributed by atoms with Crippen molar-refractivity contribution in [3.05, 3.63) is 24.3 Å². The first kappa shape index (κ1) is 31.3. The number of nitrogens with one attached hydrogen (secondary N) is 1. The number of halogens is 1. The van der Waals surface area contributed by atoms with Crippen molar-refractivity contribution in [2.75, 3.05) is 6.61 Å². The fourth-order valence-corrected chi connectivity index (χ4v) is 9.33. The number of benzene rings is 1. The van der Waals surface area contributed by atoms with E-state index in [1.165, 1.54) is 32.0 Å². The van der Waals surface area contributed by atoms with Crippen molar-refractivity contribution in [2.45, 2.75) is 97.0 Å². The van der Waals surface area contributed by atoms with Crippen LogP contribution in [0.1, 0.15) is 40.0 Å². The minimum absolute atomic E-state index is 0.0185. The summed E-state index contributed by atoms with van der Waals surface area (Å²) in [5, 5.41) is 32.3. The van der Waals surface area contributed by atoms with Crippen LogP contribution in [0.2, 0.25) is 0 Å². The second-order valence-electron chi connectivity index (χ2n) is 11.4. The third-order valence-corrected chi connectivity index (χ3v) is 11.7. The Morgan fingerprint density at radius 1 is 1.16 bits per heavy atom. The molecular formula is C28H33ClN6O7S2. The van der Waals surface area contributed by atoms with E-state index in [4.69, 9.17) is 21.3 Å². The standard InChI is InChI=1S/C28H33ClN6O7S2/c1-13(37)27-24(31-16-8-6-10-20(16)44-26-32-17-7-4-5-9-19(17)43-26)33-28(29,14(2)38)35(15(3)39)25(27)34(12-30-27)23-22(41)21(40)18(11-36)42-23/h4-5,7,9,12,16,18,20-23,25,36,40-41H,6,8,10-11H2,1-3H3,(H,31,33)/t16?,18-,20?,21?,22?,23-,25?,27?,28?/m1/s1. The van der Waals surface area contributed by atoms with Gasteiger partial charge in [-0.2, -0.15) is 0 Å². The van der Waals surface area contributed by atoms with Crippen molar-refractivity contribution in [2.24, 2.45) is 9.98 Å². The van der Waals surface area contributed by atoms with Gasteiger partial charge in [0.05, 0.1) is 23.2 Å². The molecule has 1 aliphatic carbocycles. The number of Topliss-reactive ketones (excluding diaryl/α,β-unsaturated/α-hetero) is 2. The molecule has 236 valence electrons. The maximum atomic E-state index is 13.7. The van der Waals surface area contributed by atoms with Gasteiger partial charge >= 0.3 is 0 Å². The number of alkyl halides is 1. The van der Waals surface area contributed by atoms with Gasteiger partial charge in [0.1, 0.15) is 24.1 Å². The summed E-state index contributed by atoms with van der Waals surface area (Å²) in [4.78, 5) is 56.3. The highest BCUT2D eigenvalue weighted by Gasteiger charge is 2.67. The Labute approximate surface area is 266 Å². The van der Waals surface area contributed by atoms with Gasteiger partial charge in [0.25, 0.3) is 5.12 Å². The Morgan fingerprint density at radius 3 is 2.55 bits per heavy atom. The molecule has 7 unspecified atom stereocenters. The van der Waals surface area contributed by atoms with Crippen molar-refractivity contribution in [3.8, 4) is 0 Å². The first-order valence-corrected chi connectivity index (χ1v) is 16.3. The molecule has 6 rings (SSSR count).